The second-order valence-corrected chi connectivity index (χ2v) is 7.69. The fourth-order valence-electron chi connectivity index (χ4n) is 3.88. The Morgan fingerprint density at radius 2 is 1.95 bits per heavy atom. The third-order valence-electron chi connectivity index (χ3n) is 5.35. The Morgan fingerprint density at radius 1 is 1.27 bits per heavy atom. The molecule has 1 saturated heterocycles. The van der Waals surface area contributed by atoms with Crippen LogP contribution in [-0.2, 0) is 9.53 Å². The number of likely N-dealkylation sites (tertiary alicyclic amines) is 1. The zero-order valence-corrected chi connectivity index (χ0v) is 14.5. The van der Waals surface area contributed by atoms with E-state index in [2.05, 4.69) is 25.7 Å². The Labute approximate surface area is 135 Å². The molecule has 4 heteroatoms. The van der Waals surface area contributed by atoms with Crippen molar-refractivity contribution >= 4 is 5.78 Å². The molecule has 2 fully saturated rings. The summed E-state index contributed by atoms with van der Waals surface area (Å²) in [6.07, 6.45) is 4.76. The third-order valence-corrected chi connectivity index (χ3v) is 5.35. The Balaban J connectivity index is 1.74. The number of β-amino-alcohol motifs (C(OH)–C–C–N with tert-alkyl or cyclic N) is 1. The molecular weight excluding hydrogens is 278 g/mol. The molecule has 128 valence electrons. The van der Waals surface area contributed by atoms with Gasteiger partial charge < -0.3 is 9.84 Å². The van der Waals surface area contributed by atoms with Crippen LogP contribution in [0, 0.1) is 17.8 Å². The smallest absolute Gasteiger partial charge is 0.135 e. The lowest BCUT2D eigenvalue weighted by molar-refractivity contribution is -0.122. The normalized spacial score (nSPS) is 32.4. The van der Waals surface area contributed by atoms with Gasteiger partial charge in [0.05, 0.1) is 18.8 Å². The monoisotopic (exact) mass is 311 g/mol. The summed E-state index contributed by atoms with van der Waals surface area (Å²) in [5, 5.41) is 10.2. The molecule has 1 aliphatic carbocycles. The summed E-state index contributed by atoms with van der Waals surface area (Å²) in [7, 11) is 0. The maximum atomic E-state index is 11.2. The number of ketones is 1. The van der Waals surface area contributed by atoms with Gasteiger partial charge in [-0.2, -0.15) is 0 Å². The Morgan fingerprint density at radius 3 is 2.59 bits per heavy atom. The molecule has 0 aromatic carbocycles. The Kier molecular flexibility index (Phi) is 6.85. The molecule has 1 heterocycles. The molecule has 0 radical (unpaired) electrons. The second kappa shape index (κ2) is 8.42. The van der Waals surface area contributed by atoms with E-state index in [4.69, 9.17) is 4.74 Å². The summed E-state index contributed by atoms with van der Waals surface area (Å²) in [6, 6.07) is 0. The highest BCUT2D eigenvalue weighted by atomic mass is 16.5. The van der Waals surface area contributed by atoms with E-state index in [-0.39, 0.29) is 0 Å². The lowest BCUT2D eigenvalue weighted by Crippen LogP contribution is -2.42. The summed E-state index contributed by atoms with van der Waals surface area (Å²) >= 11 is 0. The van der Waals surface area contributed by atoms with Gasteiger partial charge >= 0.3 is 0 Å². The van der Waals surface area contributed by atoms with Gasteiger partial charge in [0.1, 0.15) is 5.78 Å². The highest BCUT2D eigenvalue weighted by molar-refractivity contribution is 5.79. The van der Waals surface area contributed by atoms with Crippen LogP contribution in [-0.4, -0.2) is 54.2 Å². The molecule has 22 heavy (non-hydrogen) atoms. The highest BCUT2D eigenvalue weighted by Gasteiger charge is 2.32. The number of rotatable bonds is 6. The molecule has 0 aromatic rings. The van der Waals surface area contributed by atoms with Crippen LogP contribution < -0.4 is 0 Å². The lowest BCUT2D eigenvalue weighted by atomic mass is 9.75. The van der Waals surface area contributed by atoms with E-state index < -0.39 is 6.10 Å². The van der Waals surface area contributed by atoms with Gasteiger partial charge in [-0.1, -0.05) is 27.2 Å². The van der Waals surface area contributed by atoms with E-state index in [0.29, 0.717) is 49.7 Å². The topological polar surface area (TPSA) is 49.8 Å². The van der Waals surface area contributed by atoms with Crippen LogP contribution in [0.15, 0.2) is 0 Å². The zero-order valence-electron chi connectivity index (χ0n) is 14.5. The predicted octanol–water partition coefficient (Wildman–Crippen LogP) is 2.49. The summed E-state index contributed by atoms with van der Waals surface area (Å²) in [6.45, 7) is 9.47. The first kappa shape index (κ1) is 17.9. The first-order valence-electron chi connectivity index (χ1n) is 8.99. The van der Waals surface area contributed by atoms with E-state index in [1.807, 2.05) is 0 Å². The van der Waals surface area contributed by atoms with Gasteiger partial charge in [0.15, 0.2) is 0 Å². The van der Waals surface area contributed by atoms with Crippen molar-refractivity contribution in [1.29, 1.82) is 0 Å². The van der Waals surface area contributed by atoms with Crippen molar-refractivity contribution in [3.05, 3.63) is 0 Å². The Bertz CT molecular complexity index is 348. The van der Waals surface area contributed by atoms with Gasteiger partial charge in [-0.3, -0.25) is 9.69 Å². The quantitative estimate of drug-likeness (QED) is 0.819. The number of carbonyl (C=O) groups excluding carboxylic acids is 1. The molecular formula is C18H33NO3. The number of ether oxygens (including phenoxy) is 1. The first-order chi connectivity index (χ1) is 10.5. The molecule has 1 saturated carbocycles. The minimum atomic E-state index is -0.446. The van der Waals surface area contributed by atoms with Crippen molar-refractivity contribution in [3.8, 4) is 0 Å². The highest BCUT2D eigenvalue weighted by Crippen LogP contribution is 2.35. The number of hydrogen-bond acceptors (Lipinski definition) is 4. The predicted molar refractivity (Wildman–Crippen MR) is 87.8 cm³/mol. The summed E-state index contributed by atoms with van der Waals surface area (Å²) in [5.41, 5.74) is 0. The number of carbonyl (C=O) groups is 1. The summed E-state index contributed by atoms with van der Waals surface area (Å²) in [5.74, 6) is 2.34. The van der Waals surface area contributed by atoms with Gasteiger partial charge in [0.25, 0.3) is 0 Å². The maximum absolute atomic E-state index is 11.2. The van der Waals surface area contributed by atoms with Crippen molar-refractivity contribution < 1.29 is 14.6 Å². The minimum absolute atomic E-state index is 0.293. The first-order valence-corrected chi connectivity index (χ1v) is 8.99. The lowest BCUT2D eigenvalue weighted by Gasteiger charge is -2.38. The largest absolute Gasteiger partial charge is 0.389 e. The van der Waals surface area contributed by atoms with Crippen molar-refractivity contribution in [2.75, 3.05) is 26.2 Å². The molecule has 2 rings (SSSR count). The molecule has 4 nitrogen and oxygen atoms in total. The molecule has 2 aliphatic rings. The SMILES string of the molecule is CC1CCC(C(C)C)C(OCC(O)CN2CCC(=O)CC2)C1. The van der Waals surface area contributed by atoms with Crippen LogP contribution in [0.5, 0.6) is 0 Å². The molecule has 0 bridgehead atoms. The van der Waals surface area contributed by atoms with Crippen LogP contribution in [0.2, 0.25) is 0 Å². The zero-order chi connectivity index (χ0) is 16.1. The van der Waals surface area contributed by atoms with Gasteiger partial charge in [-0.05, 0) is 30.6 Å². The fourth-order valence-corrected chi connectivity index (χ4v) is 3.88. The molecule has 0 amide bonds. The molecule has 4 atom stereocenters. The number of piperidine rings is 1. The fraction of sp³-hybridized carbons (Fsp3) is 0.944. The van der Waals surface area contributed by atoms with Crippen molar-refractivity contribution in [3.63, 3.8) is 0 Å². The van der Waals surface area contributed by atoms with Gasteiger partial charge in [0.2, 0.25) is 0 Å². The van der Waals surface area contributed by atoms with Gasteiger partial charge in [0, 0.05) is 32.5 Å². The van der Waals surface area contributed by atoms with Crippen LogP contribution in [0.1, 0.15) is 52.9 Å². The summed E-state index contributed by atoms with van der Waals surface area (Å²) in [4.78, 5) is 13.4. The Hall–Kier alpha value is -0.450. The van der Waals surface area contributed by atoms with E-state index in [1.165, 1.54) is 12.8 Å². The second-order valence-electron chi connectivity index (χ2n) is 7.69. The van der Waals surface area contributed by atoms with Crippen molar-refractivity contribution in [1.82, 2.24) is 4.90 Å². The summed E-state index contributed by atoms with van der Waals surface area (Å²) < 4.78 is 6.11. The molecule has 1 aliphatic heterocycles. The molecule has 0 aromatic heterocycles. The molecule has 4 unspecified atom stereocenters. The maximum Gasteiger partial charge on any atom is 0.135 e. The van der Waals surface area contributed by atoms with Crippen LogP contribution in [0.4, 0.5) is 0 Å². The average molecular weight is 311 g/mol. The average Bonchev–Trinajstić information content (AvgIpc) is 2.47. The number of aliphatic hydroxyl groups excluding tert-OH is 1. The molecule has 0 spiro atoms. The minimum Gasteiger partial charge on any atom is -0.389 e. The number of hydrogen-bond donors (Lipinski definition) is 1. The van der Waals surface area contributed by atoms with E-state index in [1.54, 1.807) is 0 Å². The van der Waals surface area contributed by atoms with Crippen molar-refractivity contribution in [2.24, 2.45) is 17.8 Å². The van der Waals surface area contributed by atoms with E-state index >= 15 is 0 Å². The number of aliphatic hydroxyl groups is 1. The van der Waals surface area contributed by atoms with Crippen LogP contribution in [0.25, 0.3) is 0 Å². The van der Waals surface area contributed by atoms with E-state index in [9.17, 15) is 9.90 Å². The number of nitrogens with zero attached hydrogens (tertiary/aromatic N) is 1. The van der Waals surface area contributed by atoms with Gasteiger partial charge in [-0.15, -0.1) is 0 Å². The molecule has 1 N–H and O–H groups in total. The van der Waals surface area contributed by atoms with E-state index in [0.717, 1.165) is 25.4 Å². The van der Waals surface area contributed by atoms with Gasteiger partial charge in [-0.25, -0.2) is 0 Å². The standard InChI is InChI=1S/C18H33NO3/c1-13(2)17-5-4-14(3)10-18(17)22-12-16(21)11-19-8-6-15(20)7-9-19/h13-14,16-18,21H,4-12H2,1-3H3. The van der Waals surface area contributed by atoms with Crippen molar-refractivity contribution in [2.45, 2.75) is 65.1 Å². The third kappa shape index (κ3) is 5.32. The van der Waals surface area contributed by atoms with Crippen LogP contribution in [0.3, 0.4) is 0 Å². The number of Topliss-reactive ketones (excluding diaryl/α,β-unsaturated/α-hetero) is 1. The van der Waals surface area contributed by atoms with Crippen LogP contribution >= 0.6 is 0 Å².